The van der Waals surface area contributed by atoms with Crippen LogP contribution >= 0.6 is 0 Å². The second-order valence-electron chi connectivity index (χ2n) is 5.18. The van der Waals surface area contributed by atoms with Gasteiger partial charge in [-0.15, -0.1) is 0 Å². The Labute approximate surface area is 107 Å². The van der Waals surface area contributed by atoms with Gasteiger partial charge in [0.05, 0.1) is 5.41 Å². The van der Waals surface area contributed by atoms with Crippen molar-refractivity contribution in [3.05, 3.63) is 29.3 Å². The Morgan fingerprint density at radius 3 is 2.17 bits per heavy atom. The first kappa shape index (κ1) is 14.2. The van der Waals surface area contributed by atoms with E-state index >= 15 is 0 Å². The van der Waals surface area contributed by atoms with Crippen LogP contribution in [0.2, 0.25) is 0 Å². The lowest BCUT2D eigenvalue weighted by molar-refractivity contribution is -0.148. The van der Waals surface area contributed by atoms with Gasteiger partial charge in [-0.1, -0.05) is 18.2 Å². The highest BCUT2D eigenvalue weighted by molar-refractivity contribution is 5.95. The molecule has 0 saturated carbocycles. The lowest BCUT2D eigenvalue weighted by Crippen LogP contribution is -2.29. The molecule has 0 fully saturated rings. The Bertz CT molecular complexity index is 458. The third-order valence-electron chi connectivity index (χ3n) is 2.93. The van der Waals surface area contributed by atoms with Crippen molar-refractivity contribution in [2.75, 3.05) is 5.32 Å². The third-order valence-corrected chi connectivity index (χ3v) is 2.93. The molecule has 1 amide bonds. The van der Waals surface area contributed by atoms with E-state index in [9.17, 15) is 9.59 Å². The molecule has 2 N–H and O–H groups in total. The number of carbonyl (C=O) groups is 2. The smallest absolute Gasteiger partial charge is 0.309 e. The Hall–Kier alpha value is -1.84. The number of hydrogen-bond acceptors (Lipinski definition) is 2. The minimum absolute atomic E-state index is 0.0455. The number of nitrogens with one attached hydrogen (secondary N) is 1. The molecule has 1 aromatic rings. The van der Waals surface area contributed by atoms with Crippen LogP contribution in [0.3, 0.4) is 0 Å². The summed E-state index contributed by atoms with van der Waals surface area (Å²) < 4.78 is 0. The molecule has 0 heterocycles. The Kier molecular flexibility index (Phi) is 4.11. The van der Waals surface area contributed by atoms with Gasteiger partial charge in [-0.25, -0.2) is 0 Å². The monoisotopic (exact) mass is 249 g/mol. The van der Waals surface area contributed by atoms with Crippen molar-refractivity contribution < 1.29 is 14.7 Å². The molecule has 0 unspecified atom stereocenters. The first-order valence-corrected chi connectivity index (χ1v) is 5.83. The predicted molar refractivity (Wildman–Crippen MR) is 70.6 cm³/mol. The zero-order chi connectivity index (χ0) is 13.9. The van der Waals surface area contributed by atoms with Gasteiger partial charge in [-0.2, -0.15) is 0 Å². The van der Waals surface area contributed by atoms with Crippen molar-refractivity contribution in [3.8, 4) is 0 Å². The van der Waals surface area contributed by atoms with Crippen molar-refractivity contribution in [1.82, 2.24) is 0 Å². The van der Waals surface area contributed by atoms with Crippen LogP contribution in [0.15, 0.2) is 18.2 Å². The van der Waals surface area contributed by atoms with Gasteiger partial charge in [0.15, 0.2) is 0 Å². The molecule has 4 heteroatoms. The van der Waals surface area contributed by atoms with Crippen molar-refractivity contribution >= 4 is 17.6 Å². The number of para-hydroxylation sites is 1. The molecule has 0 bridgehead atoms. The molecule has 0 spiro atoms. The van der Waals surface area contributed by atoms with Gasteiger partial charge in [0.25, 0.3) is 0 Å². The SMILES string of the molecule is Cc1cccc(C)c1NC(=O)CC(C)(C)C(=O)O. The fraction of sp³-hybridized carbons (Fsp3) is 0.429. The van der Waals surface area contributed by atoms with Gasteiger partial charge < -0.3 is 10.4 Å². The van der Waals surface area contributed by atoms with Gasteiger partial charge in [0, 0.05) is 12.1 Å². The molecule has 0 aliphatic carbocycles. The number of hydrogen-bond donors (Lipinski definition) is 2. The summed E-state index contributed by atoms with van der Waals surface area (Å²) in [4.78, 5) is 22.8. The third kappa shape index (κ3) is 3.32. The number of rotatable bonds is 4. The average molecular weight is 249 g/mol. The fourth-order valence-electron chi connectivity index (χ4n) is 1.67. The quantitative estimate of drug-likeness (QED) is 0.862. The lowest BCUT2D eigenvalue weighted by Gasteiger charge is -2.19. The summed E-state index contributed by atoms with van der Waals surface area (Å²) in [5.74, 6) is -1.25. The molecule has 0 atom stereocenters. The summed E-state index contributed by atoms with van der Waals surface area (Å²) in [7, 11) is 0. The van der Waals surface area contributed by atoms with Crippen LogP contribution in [-0.2, 0) is 9.59 Å². The van der Waals surface area contributed by atoms with Gasteiger partial charge >= 0.3 is 5.97 Å². The van der Waals surface area contributed by atoms with E-state index in [2.05, 4.69) is 5.32 Å². The number of carboxylic acid groups (broad SMARTS) is 1. The van der Waals surface area contributed by atoms with Crippen LogP contribution in [0.25, 0.3) is 0 Å². The summed E-state index contributed by atoms with van der Waals surface area (Å²) in [6.07, 6.45) is -0.0455. The number of aryl methyl sites for hydroxylation is 2. The number of anilines is 1. The predicted octanol–water partition coefficient (Wildman–Crippen LogP) is 2.74. The van der Waals surface area contributed by atoms with Gasteiger partial charge in [0.1, 0.15) is 0 Å². The molecule has 18 heavy (non-hydrogen) atoms. The average Bonchev–Trinajstić information content (AvgIpc) is 2.22. The summed E-state index contributed by atoms with van der Waals surface area (Å²) in [5.41, 5.74) is 1.65. The van der Waals surface area contributed by atoms with E-state index in [1.54, 1.807) is 13.8 Å². The topological polar surface area (TPSA) is 66.4 Å². The van der Waals surface area contributed by atoms with Crippen LogP contribution in [0.1, 0.15) is 31.4 Å². The molecule has 0 aliphatic rings. The molecular weight excluding hydrogens is 230 g/mol. The Balaban J connectivity index is 2.80. The largest absolute Gasteiger partial charge is 0.481 e. The first-order chi connectivity index (χ1) is 8.24. The fourth-order valence-corrected chi connectivity index (χ4v) is 1.67. The summed E-state index contributed by atoms with van der Waals surface area (Å²) >= 11 is 0. The van der Waals surface area contributed by atoms with E-state index < -0.39 is 11.4 Å². The maximum atomic E-state index is 11.9. The molecule has 98 valence electrons. The van der Waals surface area contributed by atoms with Crippen LogP contribution in [0.5, 0.6) is 0 Å². The van der Waals surface area contributed by atoms with Crippen LogP contribution in [0.4, 0.5) is 5.69 Å². The highest BCUT2D eigenvalue weighted by atomic mass is 16.4. The zero-order valence-electron chi connectivity index (χ0n) is 11.2. The maximum absolute atomic E-state index is 11.9. The van der Waals surface area contributed by atoms with E-state index in [-0.39, 0.29) is 12.3 Å². The molecule has 1 aromatic carbocycles. The maximum Gasteiger partial charge on any atom is 0.309 e. The van der Waals surface area contributed by atoms with E-state index in [4.69, 9.17) is 5.11 Å². The number of carboxylic acids is 1. The highest BCUT2D eigenvalue weighted by Gasteiger charge is 2.30. The van der Waals surface area contributed by atoms with Crippen molar-refractivity contribution in [2.45, 2.75) is 34.1 Å². The molecule has 0 saturated heterocycles. The number of carbonyl (C=O) groups excluding carboxylic acids is 1. The van der Waals surface area contributed by atoms with E-state index in [1.807, 2.05) is 32.0 Å². The van der Waals surface area contributed by atoms with Gasteiger partial charge in [0.2, 0.25) is 5.91 Å². The van der Waals surface area contributed by atoms with Crippen LogP contribution < -0.4 is 5.32 Å². The molecule has 1 rings (SSSR count). The van der Waals surface area contributed by atoms with Crippen molar-refractivity contribution in [2.24, 2.45) is 5.41 Å². The second kappa shape index (κ2) is 5.21. The number of aliphatic carboxylic acids is 1. The number of amides is 1. The molecule has 0 radical (unpaired) electrons. The van der Waals surface area contributed by atoms with Gasteiger partial charge in [-0.05, 0) is 38.8 Å². The summed E-state index contributed by atoms with van der Waals surface area (Å²) in [5, 5.41) is 11.8. The standard InChI is InChI=1S/C14H19NO3/c1-9-6-5-7-10(2)12(9)15-11(16)8-14(3,4)13(17)18/h5-7H,8H2,1-4H3,(H,15,16)(H,17,18). The van der Waals surface area contributed by atoms with E-state index in [0.29, 0.717) is 0 Å². The Morgan fingerprint density at radius 1 is 1.22 bits per heavy atom. The van der Waals surface area contributed by atoms with E-state index in [1.165, 1.54) is 0 Å². The van der Waals surface area contributed by atoms with Crippen molar-refractivity contribution in [1.29, 1.82) is 0 Å². The highest BCUT2D eigenvalue weighted by Crippen LogP contribution is 2.24. The molecule has 4 nitrogen and oxygen atoms in total. The minimum atomic E-state index is -1.05. The van der Waals surface area contributed by atoms with Crippen LogP contribution in [-0.4, -0.2) is 17.0 Å². The zero-order valence-corrected chi connectivity index (χ0v) is 11.2. The minimum Gasteiger partial charge on any atom is -0.481 e. The normalized spacial score (nSPS) is 11.1. The molecule has 0 aliphatic heterocycles. The van der Waals surface area contributed by atoms with E-state index in [0.717, 1.165) is 16.8 Å². The first-order valence-electron chi connectivity index (χ1n) is 5.83. The van der Waals surface area contributed by atoms with Crippen LogP contribution in [0, 0.1) is 19.3 Å². The molecule has 0 aromatic heterocycles. The van der Waals surface area contributed by atoms with Crippen molar-refractivity contribution in [3.63, 3.8) is 0 Å². The Morgan fingerprint density at radius 2 is 1.72 bits per heavy atom. The summed E-state index contributed by atoms with van der Waals surface area (Å²) in [6.45, 7) is 6.90. The second-order valence-corrected chi connectivity index (χ2v) is 5.18. The lowest BCUT2D eigenvalue weighted by atomic mass is 9.89. The molecular formula is C14H19NO3. The summed E-state index contributed by atoms with van der Waals surface area (Å²) in [6, 6.07) is 5.73. The van der Waals surface area contributed by atoms with Gasteiger partial charge in [-0.3, -0.25) is 9.59 Å². The number of benzene rings is 1.